The van der Waals surface area contributed by atoms with E-state index in [0.717, 1.165) is 11.1 Å². The molecule has 0 aliphatic heterocycles. The van der Waals surface area contributed by atoms with Crippen LogP contribution in [0, 0.1) is 6.07 Å². The molecule has 0 aliphatic carbocycles. The molecule has 0 fully saturated rings. The van der Waals surface area contributed by atoms with Crippen molar-refractivity contribution in [3.63, 3.8) is 0 Å². The van der Waals surface area contributed by atoms with Crippen LogP contribution in [0.15, 0.2) is 42.5 Å². The normalized spacial score (nSPS) is 10.1. The molecule has 0 amide bonds. The van der Waals surface area contributed by atoms with E-state index in [-0.39, 0.29) is 12.1 Å². The van der Waals surface area contributed by atoms with Crippen LogP contribution in [0.1, 0.15) is 0 Å². The Kier molecular flexibility index (Phi) is 4.73. The zero-order valence-corrected chi connectivity index (χ0v) is 11.0. The molecule has 2 aromatic rings. The van der Waals surface area contributed by atoms with Gasteiger partial charge in [-0.3, -0.25) is 0 Å². The van der Waals surface area contributed by atoms with Gasteiger partial charge in [0.2, 0.25) is 0 Å². The van der Waals surface area contributed by atoms with Crippen LogP contribution in [0.5, 0.6) is 11.5 Å². The number of hydrogen-bond donors (Lipinski definition) is 0. The first-order chi connectivity index (χ1) is 8.85. The van der Waals surface area contributed by atoms with E-state index in [0.29, 0.717) is 11.5 Å². The lowest BCUT2D eigenvalue weighted by atomic mass is 10.1. The third kappa shape index (κ3) is 3.09. The molecule has 18 heavy (non-hydrogen) atoms. The van der Waals surface area contributed by atoms with Crippen LogP contribution < -0.4 is 9.47 Å². The highest BCUT2D eigenvalue weighted by Crippen LogP contribution is 2.33. The Hall–Kier alpha value is -1.38. The molecular formula is C14H11Cl2O2. The Morgan fingerprint density at radius 1 is 0.833 bits per heavy atom. The van der Waals surface area contributed by atoms with Crippen LogP contribution in [0.3, 0.4) is 0 Å². The summed E-state index contributed by atoms with van der Waals surface area (Å²) in [6.45, 7) is 0. The Labute approximate surface area is 116 Å². The van der Waals surface area contributed by atoms with Gasteiger partial charge in [0.15, 0.2) is 23.6 Å². The average molecular weight is 282 g/mol. The van der Waals surface area contributed by atoms with Crippen molar-refractivity contribution in [2.24, 2.45) is 0 Å². The molecule has 2 nitrogen and oxygen atoms in total. The van der Waals surface area contributed by atoms with Crippen molar-refractivity contribution >= 4 is 23.2 Å². The molecule has 0 atom stereocenters. The number of ether oxygens (including phenoxy) is 2. The second-order valence-electron chi connectivity index (χ2n) is 3.46. The van der Waals surface area contributed by atoms with E-state index >= 15 is 0 Å². The van der Waals surface area contributed by atoms with Crippen LogP contribution >= 0.6 is 23.2 Å². The molecule has 0 unspecified atom stereocenters. The monoisotopic (exact) mass is 281 g/mol. The molecule has 93 valence electrons. The number of halogens is 2. The van der Waals surface area contributed by atoms with E-state index in [1.807, 2.05) is 42.5 Å². The summed E-state index contributed by atoms with van der Waals surface area (Å²) < 4.78 is 10.6. The summed E-state index contributed by atoms with van der Waals surface area (Å²) in [4.78, 5) is 0. The van der Waals surface area contributed by atoms with Gasteiger partial charge in [0.1, 0.15) is 0 Å². The lowest BCUT2D eigenvalue weighted by Gasteiger charge is -2.11. The van der Waals surface area contributed by atoms with E-state index in [4.69, 9.17) is 32.7 Å². The zero-order chi connectivity index (χ0) is 12.8. The van der Waals surface area contributed by atoms with E-state index in [2.05, 4.69) is 6.07 Å². The predicted octanol–water partition coefficient (Wildman–Crippen LogP) is 4.30. The highest BCUT2D eigenvalue weighted by molar-refractivity contribution is 6.17. The van der Waals surface area contributed by atoms with E-state index in [1.165, 1.54) is 0 Å². The minimum atomic E-state index is 0.0602. The van der Waals surface area contributed by atoms with Crippen LogP contribution in [0.4, 0.5) is 0 Å². The molecule has 2 rings (SSSR count). The maximum absolute atomic E-state index is 5.59. The van der Waals surface area contributed by atoms with Gasteiger partial charge in [-0.1, -0.05) is 53.5 Å². The highest BCUT2D eigenvalue weighted by Gasteiger charge is 2.07. The fourth-order valence-electron chi connectivity index (χ4n) is 1.62. The van der Waals surface area contributed by atoms with Gasteiger partial charge in [-0.05, 0) is 29.3 Å². The minimum Gasteiger partial charge on any atom is -0.474 e. The summed E-state index contributed by atoms with van der Waals surface area (Å²) in [6.07, 6.45) is 0. The number of rotatable bonds is 5. The molecular weight excluding hydrogens is 271 g/mol. The minimum absolute atomic E-state index is 0.0602. The van der Waals surface area contributed by atoms with E-state index in [9.17, 15) is 0 Å². The Morgan fingerprint density at radius 2 is 1.50 bits per heavy atom. The second-order valence-corrected chi connectivity index (χ2v) is 3.89. The molecule has 1 radical (unpaired) electrons. The maximum Gasteiger partial charge on any atom is 0.163 e. The first-order valence-corrected chi connectivity index (χ1v) is 6.40. The molecule has 0 aliphatic rings. The predicted molar refractivity (Wildman–Crippen MR) is 73.4 cm³/mol. The quantitative estimate of drug-likeness (QED) is 0.761. The maximum atomic E-state index is 5.59. The van der Waals surface area contributed by atoms with Gasteiger partial charge in [-0.2, -0.15) is 0 Å². The highest BCUT2D eigenvalue weighted by atomic mass is 35.5. The summed E-state index contributed by atoms with van der Waals surface area (Å²) in [5.74, 6) is 1.16. The Balaban J connectivity index is 2.36. The van der Waals surface area contributed by atoms with Gasteiger partial charge in [0, 0.05) is 0 Å². The lowest BCUT2D eigenvalue weighted by Crippen LogP contribution is -1.96. The standard InChI is InChI=1S/C14H11Cl2O2/c15-9-17-13-7-6-12(8-14(13)18-10-16)11-4-2-1-3-5-11/h2-8H,9-10H2. The van der Waals surface area contributed by atoms with Crippen molar-refractivity contribution in [2.75, 3.05) is 12.1 Å². The summed E-state index contributed by atoms with van der Waals surface area (Å²) in [6, 6.07) is 16.4. The number of benzene rings is 2. The summed E-state index contributed by atoms with van der Waals surface area (Å²) in [7, 11) is 0. The first kappa shape index (κ1) is 13.1. The van der Waals surface area contributed by atoms with E-state index in [1.54, 1.807) is 0 Å². The molecule has 0 saturated heterocycles. The number of hydrogen-bond acceptors (Lipinski definition) is 2. The number of alkyl halides is 2. The van der Waals surface area contributed by atoms with Crippen LogP contribution in [0.25, 0.3) is 11.1 Å². The van der Waals surface area contributed by atoms with Gasteiger partial charge < -0.3 is 9.47 Å². The molecule has 0 aromatic heterocycles. The summed E-state index contributed by atoms with van der Waals surface area (Å²) >= 11 is 11.1. The zero-order valence-electron chi connectivity index (χ0n) is 9.53. The van der Waals surface area contributed by atoms with Crippen LogP contribution in [0.2, 0.25) is 0 Å². The fourth-order valence-corrected chi connectivity index (χ4v) is 1.85. The van der Waals surface area contributed by atoms with Gasteiger partial charge in [0.25, 0.3) is 0 Å². The molecule has 2 aromatic carbocycles. The second kappa shape index (κ2) is 6.53. The van der Waals surface area contributed by atoms with E-state index < -0.39 is 0 Å². The molecule has 0 saturated carbocycles. The SMILES string of the molecule is ClCOc1ccc(-c2cc[c]cc2)cc1OCCl. The molecule has 4 heteroatoms. The van der Waals surface area contributed by atoms with Crippen molar-refractivity contribution in [2.45, 2.75) is 0 Å². The van der Waals surface area contributed by atoms with Crippen molar-refractivity contribution in [1.82, 2.24) is 0 Å². The largest absolute Gasteiger partial charge is 0.474 e. The topological polar surface area (TPSA) is 18.5 Å². The van der Waals surface area contributed by atoms with Gasteiger partial charge in [-0.15, -0.1) is 0 Å². The van der Waals surface area contributed by atoms with Gasteiger partial charge in [0.05, 0.1) is 0 Å². The molecule has 0 heterocycles. The van der Waals surface area contributed by atoms with Gasteiger partial charge >= 0.3 is 0 Å². The van der Waals surface area contributed by atoms with Crippen molar-refractivity contribution in [3.8, 4) is 22.6 Å². The van der Waals surface area contributed by atoms with Crippen molar-refractivity contribution < 1.29 is 9.47 Å². The smallest absolute Gasteiger partial charge is 0.163 e. The Morgan fingerprint density at radius 3 is 2.17 bits per heavy atom. The average Bonchev–Trinajstić information content (AvgIpc) is 2.42. The summed E-state index contributed by atoms with van der Waals surface area (Å²) in [5, 5.41) is 0. The molecule has 0 N–H and O–H groups in total. The third-order valence-corrected chi connectivity index (χ3v) is 2.63. The fraction of sp³-hybridized carbons (Fsp3) is 0.143. The van der Waals surface area contributed by atoms with Crippen LogP contribution in [-0.4, -0.2) is 12.1 Å². The summed E-state index contributed by atoms with van der Waals surface area (Å²) in [5.41, 5.74) is 2.09. The molecule has 0 bridgehead atoms. The third-order valence-electron chi connectivity index (χ3n) is 2.42. The van der Waals surface area contributed by atoms with Crippen LogP contribution in [-0.2, 0) is 0 Å². The Bertz CT molecular complexity index is 500. The lowest BCUT2D eigenvalue weighted by molar-refractivity contribution is 0.330. The van der Waals surface area contributed by atoms with Crippen molar-refractivity contribution in [3.05, 3.63) is 48.5 Å². The first-order valence-electron chi connectivity index (χ1n) is 5.33. The van der Waals surface area contributed by atoms with Crippen molar-refractivity contribution in [1.29, 1.82) is 0 Å². The van der Waals surface area contributed by atoms with Gasteiger partial charge in [-0.25, -0.2) is 0 Å². The molecule has 0 spiro atoms.